The van der Waals surface area contributed by atoms with Crippen LogP contribution in [0.5, 0.6) is 0 Å². The molecule has 1 aromatic heterocycles. The monoisotopic (exact) mass is 267 g/mol. The van der Waals surface area contributed by atoms with E-state index >= 15 is 0 Å². The molecule has 2 N–H and O–H groups in total. The third kappa shape index (κ3) is 2.76. The number of nitrogen functional groups attached to an aromatic ring is 1. The third-order valence-corrected chi connectivity index (χ3v) is 3.68. The highest BCUT2D eigenvalue weighted by molar-refractivity contribution is 7.99. The highest BCUT2D eigenvalue weighted by Crippen LogP contribution is 2.26. The first kappa shape index (κ1) is 12.3. The summed E-state index contributed by atoms with van der Waals surface area (Å²) in [6.07, 6.45) is 1.11. The van der Waals surface area contributed by atoms with E-state index < -0.39 is 0 Å². The average molecular weight is 268 g/mol. The summed E-state index contributed by atoms with van der Waals surface area (Å²) in [5.74, 6) is 1.65. The molecule has 0 amide bonds. The Hall–Kier alpha value is -1.13. The fourth-order valence-electron chi connectivity index (χ4n) is 1.47. The number of benzene rings is 1. The third-order valence-electron chi connectivity index (χ3n) is 2.25. The summed E-state index contributed by atoms with van der Waals surface area (Å²) in [6.45, 7) is 2.14. The predicted molar refractivity (Wildman–Crippen MR) is 74.0 cm³/mol. The number of thioether (sulfide) groups is 1. The molecule has 0 fully saturated rings. The van der Waals surface area contributed by atoms with Gasteiger partial charge in [0.05, 0.1) is 10.7 Å². The Morgan fingerprint density at radius 2 is 2.18 bits per heavy atom. The highest BCUT2D eigenvalue weighted by atomic mass is 35.5. The van der Waals surface area contributed by atoms with Gasteiger partial charge in [-0.1, -0.05) is 30.7 Å². The van der Waals surface area contributed by atoms with Crippen LogP contribution in [0, 0.1) is 0 Å². The van der Waals surface area contributed by atoms with Crippen molar-refractivity contribution in [3.05, 3.63) is 35.4 Å². The minimum absolute atomic E-state index is 0.608. The van der Waals surface area contributed by atoms with Crippen LogP contribution >= 0.6 is 23.4 Å². The lowest BCUT2D eigenvalue weighted by Crippen LogP contribution is -2.02. The number of rotatable bonds is 4. The van der Waals surface area contributed by atoms with E-state index in [1.165, 1.54) is 0 Å². The van der Waals surface area contributed by atoms with Gasteiger partial charge in [-0.2, -0.15) is 5.10 Å². The number of halogens is 1. The van der Waals surface area contributed by atoms with Crippen LogP contribution in [0.3, 0.4) is 0 Å². The van der Waals surface area contributed by atoms with Gasteiger partial charge in [0.2, 0.25) is 0 Å². The predicted octanol–water partition coefficient (Wildman–Crippen LogP) is 3.61. The summed E-state index contributed by atoms with van der Waals surface area (Å²) in [6, 6.07) is 9.42. The van der Waals surface area contributed by atoms with Crippen molar-refractivity contribution in [2.24, 2.45) is 0 Å². The van der Waals surface area contributed by atoms with E-state index in [0.29, 0.717) is 10.8 Å². The van der Waals surface area contributed by atoms with Crippen LogP contribution in [0.4, 0.5) is 5.82 Å². The first-order valence-electron chi connectivity index (χ1n) is 5.45. The smallest absolute Gasteiger partial charge is 0.128 e. The molecule has 0 radical (unpaired) electrons. The molecule has 0 aliphatic rings. The molecule has 2 rings (SSSR count). The van der Waals surface area contributed by atoms with Crippen molar-refractivity contribution in [3.8, 4) is 5.69 Å². The van der Waals surface area contributed by atoms with Gasteiger partial charge < -0.3 is 5.73 Å². The zero-order chi connectivity index (χ0) is 12.3. The molecule has 90 valence electrons. The zero-order valence-corrected chi connectivity index (χ0v) is 11.1. The number of hydrogen-bond acceptors (Lipinski definition) is 3. The SMILES string of the molecule is CCCSc1cc(N)n(-c2ccccc2Cl)n1. The van der Waals surface area contributed by atoms with Crippen molar-refractivity contribution < 1.29 is 0 Å². The number of anilines is 1. The lowest BCUT2D eigenvalue weighted by atomic mass is 10.3. The molecule has 0 bridgehead atoms. The first-order chi connectivity index (χ1) is 8.22. The Balaban J connectivity index is 2.33. The molecule has 0 saturated carbocycles. The Labute approximate surface area is 110 Å². The second kappa shape index (κ2) is 5.47. The number of para-hydroxylation sites is 1. The summed E-state index contributed by atoms with van der Waals surface area (Å²) >= 11 is 7.82. The lowest BCUT2D eigenvalue weighted by molar-refractivity contribution is 0.845. The molecular weight excluding hydrogens is 254 g/mol. The topological polar surface area (TPSA) is 43.8 Å². The summed E-state index contributed by atoms with van der Waals surface area (Å²) in [4.78, 5) is 0. The largest absolute Gasteiger partial charge is 0.384 e. The number of hydrogen-bond donors (Lipinski definition) is 1. The molecule has 0 aliphatic heterocycles. The zero-order valence-electron chi connectivity index (χ0n) is 9.56. The highest BCUT2D eigenvalue weighted by Gasteiger charge is 2.09. The average Bonchev–Trinajstić information content (AvgIpc) is 2.68. The molecule has 0 atom stereocenters. The van der Waals surface area contributed by atoms with Gasteiger partial charge in [-0.05, 0) is 24.3 Å². The quantitative estimate of drug-likeness (QED) is 0.861. The Morgan fingerprint density at radius 3 is 2.88 bits per heavy atom. The molecule has 2 aromatic rings. The molecule has 0 spiro atoms. The van der Waals surface area contributed by atoms with Crippen LogP contribution < -0.4 is 5.73 Å². The van der Waals surface area contributed by atoms with Crippen LogP contribution in [0.15, 0.2) is 35.4 Å². The standard InChI is InChI=1S/C12H14ClN3S/c1-2-7-17-12-8-11(14)16(15-12)10-6-4-3-5-9(10)13/h3-6,8H,2,7,14H2,1H3. The Bertz CT molecular complexity index is 510. The van der Waals surface area contributed by atoms with E-state index in [0.717, 1.165) is 22.9 Å². The maximum atomic E-state index is 6.12. The minimum Gasteiger partial charge on any atom is -0.384 e. The van der Waals surface area contributed by atoms with Gasteiger partial charge >= 0.3 is 0 Å². The van der Waals surface area contributed by atoms with Gasteiger partial charge in [-0.15, -0.1) is 11.8 Å². The van der Waals surface area contributed by atoms with Gasteiger partial charge in [0, 0.05) is 6.07 Å². The maximum absolute atomic E-state index is 6.12. The van der Waals surface area contributed by atoms with Crippen molar-refractivity contribution in [2.75, 3.05) is 11.5 Å². The Morgan fingerprint density at radius 1 is 1.41 bits per heavy atom. The molecule has 5 heteroatoms. The van der Waals surface area contributed by atoms with E-state index in [-0.39, 0.29) is 0 Å². The van der Waals surface area contributed by atoms with Crippen molar-refractivity contribution in [3.63, 3.8) is 0 Å². The van der Waals surface area contributed by atoms with Gasteiger partial charge in [0.25, 0.3) is 0 Å². The summed E-state index contributed by atoms with van der Waals surface area (Å²) in [7, 11) is 0. The van der Waals surface area contributed by atoms with Crippen LogP contribution in [0.1, 0.15) is 13.3 Å². The fourth-order valence-corrected chi connectivity index (χ4v) is 2.44. The van der Waals surface area contributed by atoms with Gasteiger partial charge in [0.1, 0.15) is 10.8 Å². The second-order valence-corrected chi connectivity index (χ2v) is 5.14. The number of nitrogens with zero attached hydrogens (tertiary/aromatic N) is 2. The molecular formula is C12H14ClN3S. The summed E-state index contributed by atoms with van der Waals surface area (Å²) in [5.41, 5.74) is 6.76. The van der Waals surface area contributed by atoms with E-state index in [1.54, 1.807) is 16.4 Å². The molecule has 0 unspecified atom stereocenters. The van der Waals surface area contributed by atoms with Crippen molar-refractivity contribution in [1.82, 2.24) is 9.78 Å². The molecule has 3 nitrogen and oxygen atoms in total. The van der Waals surface area contributed by atoms with Crippen molar-refractivity contribution >= 4 is 29.2 Å². The Kier molecular flexibility index (Phi) is 3.97. The second-order valence-electron chi connectivity index (χ2n) is 3.62. The van der Waals surface area contributed by atoms with Gasteiger partial charge in [-0.25, -0.2) is 4.68 Å². The van der Waals surface area contributed by atoms with Crippen LogP contribution in [-0.4, -0.2) is 15.5 Å². The molecule has 1 aromatic carbocycles. The van der Waals surface area contributed by atoms with Gasteiger partial charge in [-0.3, -0.25) is 0 Å². The van der Waals surface area contributed by atoms with Crippen molar-refractivity contribution in [2.45, 2.75) is 18.4 Å². The van der Waals surface area contributed by atoms with E-state index in [9.17, 15) is 0 Å². The van der Waals surface area contributed by atoms with E-state index in [2.05, 4.69) is 12.0 Å². The van der Waals surface area contributed by atoms with E-state index in [4.69, 9.17) is 17.3 Å². The van der Waals surface area contributed by atoms with Crippen LogP contribution in [0.2, 0.25) is 5.02 Å². The van der Waals surface area contributed by atoms with Crippen molar-refractivity contribution in [1.29, 1.82) is 0 Å². The molecule has 1 heterocycles. The number of nitrogens with two attached hydrogens (primary N) is 1. The summed E-state index contributed by atoms with van der Waals surface area (Å²) in [5, 5.41) is 6.03. The molecule has 0 saturated heterocycles. The summed E-state index contributed by atoms with van der Waals surface area (Å²) < 4.78 is 1.68. The lowest BCUT2D eigenvalue weighted by Gasteiger charge is -2.05. The molecule has 0 aliphatic carbocycles. The van der Waals surface area contributed by atoms with E-state index in [1.807, 2.05) is 30.3 Å². The fraction of sp³-hybridized carbons (Fsp3) is 0.250. The van der Waals surface area contributed by atoms with Crippen LogP contribution in [-0.2, 0) is 0 Å². The van der Waals surface area contributed by atoms with Crippen LogP contribution in [0.25, 0.3) is 5.69 Å². The molecule has 17 heavy (non-hydrogen) atoms. The maximum Gasteiger partial charge on any atom is 0.128 e. The normalized spacial score (nSPS) is 10.7. The van der Waals surface area contributed by atoms with Gasteiger partial charge in [0.15, 0.2) is 0 Å². The number of aromatic nitrogens is 2. The first-order valence-corrected chi connectivity index (χ1v) is 6.82. The minimum atomic E-state index is 0.608.